The van der Waals surface area contributed by atoms with Crippen LogP contribution in [0.4, 0.5) is 0 Å². The number of amides is 1. The van der Waals surface area contributed by atoms with E-state index in [2.05, 4.69) is 10.3 Å². The van der Waals surface area contributed by atoms with Crippen molar-refractivity contribution in [1.29, 1.82) is 0 Å². The molecule has 0 saturated carbocycles. The number of rotatable bonds is 3. The van der Waals surface area contributed by atoms with Gasteiger partial charge in [0.2, 0.25) is 5.71 Å². The Balaban J connectivity index is 2.00. The van der Waals surface area contributed by atoms with Crippen molar-refractivity contribution in [3.8, 4) is 0 Å². The average molecular weight is 311 g/mol. The van der Waals surface area contributed by atoms with Crippen LogP contribution in [0, 0.1) is 6.92 Å². The van der Waals surface area contributed by atoms with Gasteiger partial charge in [0.15, 0.2) is 0 Å². The van der Waals surface area contributed by atoms with Gasteiger partial charge < -0.3 is 14.3 Å². The van der Waals surface area contributed by atoms with Crippen molar-refractivity contribution in [1.82, 2.24) is 14.9 Å². The molecule has 0 aliphatic rings. The zero-order valence-corrected chi connectivity index (χ0v) is 13.2. The van der Waals surface area contributed by atoms with E-state index in [4.69, 9.17) is 4.42 Å². The first-order chi connectivity index (χ1) is 11.0. The van der Waals surface area contributed by atoms with Crippen molar-refractivity contribution in [2.45, 2.75) is 19.9 Å². The van der Waals surface area contributed by atoms with E-state index in [-0.39, 0.29) is 34.2 Å². The van der Waals surface area contributed by atoms with E-state index in [9.17, 15) is 9.59 Å². The number of furan rings is 1. The van der Waals surface area contributed by atoms with Crippen LogP contribution >= 0.6 is 0 Å². The van der Waals surface area contributed by atoms with Crippen molar-refractivity contribution in [2.24, 2.45) is 7.05 Å². The average Bonchev–Trinajstić information content (AvgIpc) is 2.89. The lowest BCUT2D eigenvalue weighted by Crippen LogP contribution is -2.28. The van der Waals surface area contributed by atoms with Crippen LogP contribution in [0.2, 0.25) is 0 Å². The molecule has 1 aromatic carbocycles. The largest absolute Gasteiger partial charge is 0.442 e. The second-order valence-electron chi connectivity index (χ2n) is 5.48. The molecule has 2 heterocycles. The second kappa shape index (κ2) is 5.72. The minimum absolute atomic E-state index is 0.183. The molecule has 1 atom stereocenters. The summed E-state index contributed by atoms with van der Waals surface area (Å²) in [7, 11) is 1.59. The first kappa shape index (κ1) is 15.0. The molecule has 6 nitrogen and oxygen atoms in total. The molecule has 0 spiro atoms. The molecule has 0 fully saturated rings. The molecule has 118 valence electrons. The number of hydrogen-bond acceptors (Lipinski definition) is 4. The Labute approximate surface area is 132 Å². The summed E-state index contributed by atoms with van der Waals surface area (Å²) in [5.74, 6) is 0.0382. The zero-order valence-electron chi connectivity index (χ0n) is 13.2. The number of carbonyl (C=O) groups excluding carboxylic acids is 1. The van der Waals surface area contributed by atoms with Crippen molar-refractivity contribution in [2.75, 3.05) is 0 Å². The molecule has 0 aliphatic carbocycles. The van der Waals surface area contributed by atoms with Gasteiger partial charge in [0.25, 0.3) is 11.5 Å². The van der Waals surface area contributed by atoms with Crippen molar-refractivity contribution < 1.29 is 9.21 Å². The summed E-state index contributed by atoms with van der Waals surface area (Å²) in [4.78, 5) is 29.0. The molecule has 0 aliphatic heterocycles. The highest BCUT2D eigenvalue weighted by Gasteiger charge is 2.23. The minimum Gasteiger partial charge on any atom is -0.442 e. The number of fused-ring (bicyclic) bond motifs is 1. The van der Waals surface area contributed by atoms with Gasteiger partial charge in [0, 0.05) is 7.05 Å². The highest BCUT2D eigenvalue weighted by atomic mass is 16.3. The highest BCUT2D eigenvalue weighted by molar-refractivity contribution is 6.06. The van der Waals surface area contributed by atoms with E-state index >= 15 is 0 Å². The predicted octanol–water partition coefficient (Wildman–Crippen LogP) is 2.33. The molecule has 2 aromatic heterocycles. The number of aromatic nitrogens is 2. The van der Waals surface area contributed by atoms with Gasteiger partial charge >= 0.3 is 0 Å². The van der Waals surface area contributed by atoms with Gasteiger partial charge in [-0.2, -0.15) is 0 Å². The zero-order chi connectivity index (χ0) is 16.6. The topological polar surface area (TPSA) is 77.1 Å². The fraction of sp³-hybridized carbons (Fsp3) is 0.235. The molecular formula is C17H17N3O3. The molecule has 0 unspecified atom stereocenters. The Hall–Kier alpha value is -2.89. The lowest BCUT2D eigenvalue weighted by atomic mass is 10.1. The number of nitrogens with zero attached hydrogens (tertiary/aromatic N) is 2. The first-order valence-electron chi connectivity index (χ1n) is 7.29. The molecule has 0 bridgehead atoms. The maximum atomic E-state index is 12.6. The third-order valence-corrected chi connectivity index (χ3v) is 3.82. The minimum atomic E-state index is -0.345. The molecule has 3 rings (SSSR count). The number of carbonyl (C=O) groups is 1. The summed E-state index contributed by atoms with van der Waals surface area (Å²) in [5, 5.41) is 3.12. The van der Waals surface area contributed by atoms with E-state index in [0.29, 0.717) is 5.76 Å². The molecule has 3 aromatic rings. The molecule has 6 heteroatoms. The molecule has 23 heavy (non-hydrogen) atoms. The van der Waals surface area contributed by atoms with Crippen LogP contribution in [0.3, 0.4) is 0 Å². The third-order valence-electron chi connectivity index (χ3n) is 3.82. The van der Waals surface area contributed by atoms with Crippen LogP contribution in [0.1, 0.15) is 34.6 Å². The van der Waals surface area contributed by atoms with Crippen LogP contribution < -0.4 is 10.9 Å². The smallest absolute Gasteiger partial charge is 0.265 e. The Morgan fingerprint density at radius 2 is 2.00 bits per heavy atom. The van der Waals surface area contributed by atoms with Gasteiger partial charge in [-0.05, 0) is 19.4 Å². The van der Waals surface area contributed by atoms with Gasteiger partial charge in [-0.15, -0.1) is 0 Å². The first-order valence-corrected chi connectivity index (χ1v) is 7.29. The Kier molecular flexibility index (Phi) is 3.73. The summed E-state index contributed by atoms with van der Waals surface area (Å²) in [6.45, 7) is 3.55. The quantitative estimate of drug-likeness (QED) is 0.805. The van der Waals surface area contributed by atoms with Gasteiger partial charge in [0.05, 0.1) is 11.6 Å². The maximum absolute atomic E-state index is 12.6. The fourth-order valence-electron chi connectivity index (χ4n) is 2.55. The molecule has 1 N–H and O–H groups in total. The van der Waals surface area contributed by atoms with Gasteiger partial charge in [-0.1, -0.05) is 30.3 Å². The van der Waals surface area contributed by atoms with Gasteiger partial charge in [-0.25, -0.2) is 4.98 Å². The number of hydrogen-bond donors (Lipinski definition) is 1. The van der Waals surface area contributed by atoms with Crippen LogP contribution in [0.15, 0.2) is 45.9 Å². The normalized spacial score (nSPS) is 12.3. The monoisotopic (exact) mass is 311 g/mol. The summed E-state index contributed by atoms with van der Waals surface area (Å²) in [6, 6.07) is 9.43. The second-order valence-corrected chi connectivity index (χ2v) is 5.48. The third kappa shape index (κ3) is 2.63. The lowest BCUT2D eigenvalue weighted by molar-refractivity contribution is 0.0939. The molecule has 0 radical (unpaired) electrons. The predicted molar refractivity (Wildman–Crippen MR) is 86.3 cm³/mol. The SMILES string of the molecule is Cc1oc2ncn(C)c(=O)c2c1C(=O)N[C@H](C)c1ccccc1. The molecular weight excluding hydrogens is 294 g/mol. The highest BCUT2D eigenvalue weighted by Crippen LogP contribution is 2.22. The van der Waals surface area contributed by atoms with E-state index in [1.54, 1.807) is 14.0 Å². The van der Waals surface area contributed by atoms with Crippen molar-refractivity contribution in [3.05, 3.63) is 63.9 Å². The van der Waals surface area contributed by atoms with Gasteiger partial charge in [-0.3, -0.25) is 9.59 Å². The lowest BCUT2D eigenvalue weighted by Gasteiger charge is -2.14. The van der Waals surface area contributed by atoms with Gasteiger partial charge in [0.1, 0.15) is 17.5 Å². The Morgan fingerprint density at radius 3 is 2.70 bits per heavy atom. The van der Waals surface area contributed by atoms with Crippen LogP contribution in [0.25, 0.3) is 11.1 Å². The standard InChI is InChI=1S/C17H17N3O3/c1-10(12-7-5-4-6-8-12)19-15(21)13-11(2)23-16-14(13)17(22)20(3)9-18-16/h4-10H,1-3H3,(H,19,21)/t10-/m1/s1. The summed E-state index contributed by atoms with van der Waals surface area (Å²) in [5.41, 5.74) is 1.11. The summed E-state index contributed by atoms with van der Waals surface area (Å²) in [6.07, 6.45) is 1.38. The van der Waals surface area contributed by atoms with E-state index in [0.717, 1.165) is 5.56 Å². The summed E-state index contributed by atoms with van der Waals surface area (Å²) >= 11 is 0. The van der Waals surface area contributed by atoms with Crippen LogP contribution in [-0.2, 0) is 7.05 Å². The molecule has 1 amide bonds. The van der Waals surface area contributed by atoms with Crippen molar-refractivity contribution >= 4 is 17.0 Å². The van der Waals surface area contributed by atoms with E-state index < -0.39 is 0 Å². The number of nitrogens with one attached hydrogen (secondary N) is 1. The molecule has 0 saturated heterocycles. The van der Waals surface area contributed by atoms with E-state index in [1.807, 2.05) is 37.3 Å². The fourth-order valence-corrected chi connectivity index (χ4v) is 2.55. The maximum Gasteiger partial charge on any atom is 0.265 e. The number of aryl methyl sites for hydroxylation is 2. The van der Waals surface area contributed by atoms with E-state index in [1.165, 1.54) is 10.9 Å². The Bertz CT molecular complexity index is 925. The number of benzene rings is 1. The summed E-state index contributed by atoms with van der Waals surface area (Å²) < 4.78 is 6.79. The van der Waals surface area contributed by atoms with Crippen LogP contribution in [-0.4, -0.2) is 15.5 Å². The van der Waals surface area contributed by atoms with Crippen LogP contribution in [0.5, 0.6) is 0 Å². The Morgan fingerprint density at radius 1 is 1.30 bits per heavy atom. The van der Waals surface area contributed by atoms with Crippen molar-refractivity contribution in [3.63, 3.8) is 0 Å².